The second-order valence-electron chi connectivity index (χ2n) is 4.22. The van der Waals surface area contributed by atoms with Gasteiger partial charge in [-0.25, -0.2) is 4.98 Å². The van der Waals surface area contributed by atoms with Crippen LogP contribution in [0.5, 0.6) is 0 Å². The molecule has 1 rings (SSSR count). The standard InChI is InChI=1S/C11H21N5O/c1-8(10(17)12-2)13-6-9-7-14-11(15(3)4)16(9)5/h7-8,13H,6H2,1-5H3,(H,12,17). The van der Waals surface area contributed by atoms with Crippen LogP contribution in [0, 0.1) is 0 Å². The van der Waals surface area contributed by atoms with Crippen molar-refractivity contribution in [3.8, 4) is 0 Å². The largest absolute Gasteiger partial charge is 0.358 e. The fourth-order valence-electron chi connectivity index (χ4n) is 1.58. The summed E-state index contributed by atoms with van der Waals surface area (Å²) in [7, 11) is 7.50. The van der Waals surface area contributed by atoms with Crippen molar-refractivity contribution >= 4 is 11.9 Å². The van der Waals surface area contributed by atoms with Crippen LogP contribution in [-0.2, 0) is 18.4 Å². The Morgan fingerprint density at radius 2 is 2.24 bits per heavy atom. The van der Waals surface area contributed by atoms with Gasteiger partial charge in [-0.05, 0) is 6.92 Å². The lowest BCUT2D eigenvalue weighted by Gasteiger charge is -2.14. The van der Waals surface area contributed by atoms with E-state index in [4.69, 9.17) is 0 Å². The summed E-state index contributed by atoms with van der Waals surface area (Å²) in [6, 6.07) is -0.210. The number of amides is 1. The van der Waals surface area contributed by atoms with Crippen LogP contribution < -0.4 is 15.5 Å². The fraction of sp³-hybridized carbons (Fsp3) is 0.636. The van der Waals surface area contributed by atoms with Gasteiger partial charge in [-0.2, -0.15) is 0 Å². The molecule has 1 unspecified atom stereocenters. The molecule has 0 aromatic carbocycles. The summed E-state index contributed by atoms with van der Waals surface area (Å²) in [4.78, 5) is 17.6. The van der Waals surface area contributed by atoms with E-state index in [2.05, 4.69) is 15.6 Å². The molecule has 0 spiro atoms. The smallest absolute Gasteiger partial charge is 0.236 e. The van der Waals surface area contributed by atoms with E-state index in [9.17, 15) is 4.79 Å². The number of rotatable bonds is 5. The van der Waals surface area contributed by atoms with E-state index < -0.39 is 0 Å². The van der Waals surface area contributed by atoms with Crippen LogP contribution in [0.3, 0.4) is 0 Å². The first-order valence-corrected chi connectivity index (χ1v) is 5.60. The molecule has 1 heterocycles. The van der Waals surface area contributed by atoms with Gasteiger partial charge in [-0.1, -0.05) is 0 Å². The zero-order chi connectivity index (χ0) is 13.0. The second-order valence-corrected chi connectivity index (χ2v) is 4.22. The van der Waals surface area contributed by atoms with Crippen molar-refractivity contribution in [3.05, 3.63) is 11.9 Å². The first kappa shape index (κ1) is 13.5. The molecule has 0 aliphatic heterocycles. The number of likely N-dealkylation sites (N-methyl/N-ethyl adjacent to an activating group) is 1. The molecule has 0 bridgehead atoms. The van der Waals surface area contributed by atoms with Gasteiger partial charge < -0.3 is 20.1 Å². The first-order chi connectivity index (χ1) is 7.97. The molecule has 1 aromatic heterocycles. The lowest BCUT2D eigenvalue weighted by Crippen LogP contribution is -2.40. The van der Waals surface area contributed by atoms with Gasteiger partial charge in [0.2, 0.25) is 11.9 Å². The summed E-state index contributed by atoms with van der Waals surface area (Å²) in [5.74, 6) is 0.884. The van der Waals surface area contributed by atoms with E-state index in [1.54, 1.807) is 7.05 Å². The minimum Gasteiger partial charge on any atom is -0.358 e. The topological polar surface area (TPSA) is 62.2 Å². The Balaban J connectivity index is 2.61. The van der Waals surface area contributed by atoms with Crippen molar-refractivity contribution in [1.29, 1.82) is 0 Å². The third-order valence-corrected chi connectivity index (χ3v) is 2.69. The van der Waals surface area contributed by atoms with E-state index in [1.165, 1.54) is 0 Å². The maximum Gasteiger partial charge on any atom is 0.236 e. The van der Waals surface area contributed by atoms with Crippen molar-refractivity contribution in [1.82, 2.24) is 20.2 Å². The summed E-state index contributed by atoms with van der Waals surface area (Å²) in [5, 5.41) is 5.76. The van der Waals surface area contributed by atoms with Gasteiger partial charge in [0.05, 0.1) is 17.9 Å². The van der Waals surface area contributed by atoms with Crippen LogP contribution in [0.25, 0.3) is 0 Å². The molecule has 6 nitrogen and oxygen atoms in total. The number of nitrogens with one attached hydrogen (secondary N) is 2. The number of carbonyl (C=O) groups excluding carboxylic acids is 1. The molecule has 0 fully saturated rings. The van der Waals surface area contributed by atoms with E-state index in [1.807, 2.05) is 43.7 Å². The second kappa shape index (κ2) is 5.67. The van der Waals surface area contributed by atoms with Gasteiger partial charge in [0.15, 0.2) is 0 Å². The summed E-state index contributed by atoms with van der Waals surface area (Å²) in [5.41, 5.74) is 1.05. The van der Waals surface area contributed by atoms with Crippen LogP contribution in [0.4, 0.5) is 5.95 Å². The third kappa shape index (κ3) is 3.20. The Hall–Kier alpha value is -1.56. The zero-order valence-electron chi connectivity index (χ0n) is 11.1. The summed E-state index contributed by atoms with van der Waals surface area (Å²) in [6.07, 6.45) is 1.82. The highest BCUT2D eigenvalue weighted by atomic mass is 16.2. The number of imidazole rings is 1. The van der Waals surface area contributed by atoms with Gasteiger partial charge in [0.25, 0.3) is 0 Å². The van der Waals surface area contributed by atoms with Gasteiger partial charge >= 0.3 is 0 Å². The van der Waals surface area contributed by atoms with Crippen molar-refractivity contribution in [2.24, 2.45) is 7.05 Å². The molecule has 1 amide bonds. The van der Waals surface area contributed by atoms with Gasteiger partial charge in [0, 0.05) is 34.7 Å². The molecule has 6 heteroatoms. The van der Waals surface area contributed by atoms with Crippen molar-refractivity contribution in [3.63, 3.8) is 0 Å². The average molecular weight is 239 g/mol. The van der Waals surface area contributed by atoms with Crippen LogP contribution >= 0.6 is 0 Å². The maximum atomic E-state index is 11.3. The molecule has 0 radical (unpaired) electrons. The number of anilines is 1. The van der Waals surface area contributed by atoms with Crippen LogP contribution in [0.15, 0.2) is 6.20 Å². The summed E-state index contributed by atoms with van der Waals surface area (Å²) >= 11 is 0. The van der Waals surface area contributed by atoms with Crippen LogP contribution in [0.1, 0.15) is 12.6 Å². The molecule has 2 N–H and O–H groups in total. The number of aromatic nitrogens is 2. The highest BCUT2D eigenvalue weighted by Crippen LogP contribution is 2.10. The Morgan fingerprint density at radius 3 is 2.71 bits per heavy atom. The number of hydrogen-bond donors (Lipinski definition) is 2. The fourth-order valence-corrected chi connectivity index (χ4v) is 1.58. The average Bonchev–Trinajstić information content (AvgIpc) is 2.66. The Bertz CT molecular complexity index is 385. The minimum atomic E-state index is -0.210. The Kier molecular flexibility index (Phi) is 4.51. The highest BCUT2D eigenvalue weighted by molar-refractivity contribution is 5.80. The Labute approximate surface area is 102 Å². The maximum absolute atomic E-state index is 11.3. The molecular formula is C11H21N5O. The molecule has 1 atom stereocenters. The minimum absolute atomic E-state index is 0.0139. The SMILES string of the molecule is CNC(=O)C(C)NCc1cnc(N(C)C)n1C. The number of carbonyl (C=O) groups is 1. The monoisotopic (exact) mass is 239 g/mol. The third-order valence-electron chi connectivity index (χ3n) is 2.69. The van der Waals surface area contributed by atoms with Gasteiger partial charge in [-0.3, -0.25) is 4.79 Å². The number of hydrogen-bond acceptors (Lipinski definition) is 4. The van der Waals surface area contributed by atoms with Gasteiger partial charge in [0.1, 0.15) is 0 Å². The number of nitrogens with zero attached hydrogens (tertiary/aromatic N) is 3. The molecule has 0 saturated carbocycles. The summed E-state index contributed by atoms with van der Waals surface area (Å²) < 4.78 is 2.00. The lowest BCUT2D eigenvalue weighted by molar-refractivity contribution is -0.122. The molecule has 0 aliphatic rings. The molecule has 17 heavy (non-hydrogen) atoms. The molecular weight excluding hydrogens is 218 g/mol. The van der Waals surface area contributed by atoms with E-state index in [0.29, 0.717) is 6.54 Å². The van der Waals surface area contributed by atoms with Crippen molar-refractivity contribution in [2.45, 2.75) is 19.5 Å². The summed E-state index contributed by atoms with van der Waals surface area (Å²) in [6.45, 7) is 2.45. The van der Waals surface area contributed by atoms with Crippen molar-refractivity contribution < 1.29 is 4.79 Å². The molecule has 0 saturated heterocycles. The quantitative estimate of drug-likeness (QED) is 0.741. The predicted octanol–water partition coefficient (Wildman–Crippen LogP) is -0.290. The van der Waals surface area contributed by atoms with E-state index >= 15 is 0 Å². The highest BCUT2D eigenvalue weighted by Gasteiger charge is 2.12. The predicted molar refractivity (Wildman–Crippen MR) is 67.9 cm³/mol. The zero-order valence-corrected chi connectivity index (χ0v) is 11.1. The van der Waals surface area contributed by atoms with E-state index in [0.717, 1.165) is 11.6 Å². The van der Waals surface area contributed by atoms with Gasteiger partial charge in [-0.15, -0.1) is 0 Å². The lowest BCUT2D eigenvalue weighted by atomic mass is 10.3. The normalized spacial score (nSPS) is 12.3. The Morgan fingerprint density at radius 1 is 1.59 bits per heavy atom. The first-order valence-electron chi connectivity index (χ1n) is 5.60. The van der Waals surface area contributed by atoms with E-state index in [-0.39, 0.29) is 11.9 Å². The molecule has 1 aromatic rings. The van der Waals surface area contributed by atoms with Crippen molar-refractivity contribution in [2.75, 3.05) is 26.0 Å². The molecule has 96 valence electrons. The molecule has 0 aliphatic carbocycles. The van der Waals surface area contributed by atoms with Crippen LogP contribution in [0.2, 0.25) is 0 Å². The van der Waals surface area contributed by atoms with Crippen LogP contribution in [-0.4, -0.2) is 42.6 Å².